The normalized spacial score (nSPS) is 21.9. The summed E-state index contributed by atoms with van der Waals surface area (Å²) >= 11 is 9.87. The van der Waals surface area contributed by atoms with Crippen LogP contribution < -0.4 is 5.32 Å². The molecule has 5 rings (SSSR count). The second-order valence-electron chi connectivity index (χ2n) is 12.7. The van der Waals surface area contributed by atoms with Gasteiger partial charge in [0.05, 0.1) is 0 Å². The number of rotatable bonds is 5. The number of benzene rings is 1. The van der Waals surface area contributed by atoms with Crippen molar-refractivity contribution in [1.82, 2.24) is 20.2 Å². The van der Waals surface area contributed by atoms with Crippen molar-refractivity contribution in [2.45, 2.75) is 82.8 Å². The number of nitrogens with zero attached hydrogens (tertiary/aromatic N) is 3. The molecule has 3 unspecified atom stereocenters. The number of alkyl halides is 7. The summed E-state index contributed by atoms with van der Waals surface area (Å²) in [7, 11) is 0. The topological polar surface area (TPSA) is 67.3 Å². The van der Waals surface area contributed by atoms with Crippen LogP contribution in [0, 0.1) is 13.8 Å². The molecule has 3 atom stereocenters. The molecule has 1 N–H and O–H groups in total. The van der Waals surface area contributed by atoms with Crippen LogP contribution in [0.5, 0.6) is 0 Å². The van der Waals surface area contributed by atoms with E-state index in [9.17, 15) is 31.1 Å². The van der Waals surface area contributed by atoms with Gasteiger partial charge in [0.2, 0.25) is 0 Å². The molecule has 4 heterocycles. The molecule has 264 valence electrons. The predicted octanol–water partition coefficient (Wildman–Crippen LogP) is 9.18. The van der Waals surface area contributed by atoms with Crippen molar-refractivity contribution in [2.24, 2.45) is 0 Å². The number of pyridine rings is 2. The Balaban J connectivity index is 0.000000226. The van der Waals surface area contributed by atoms with E-state index in [1.807, 2.05) is 32.0 Å². The Bertz CT molecular complexity index is 1520. The Kier molecular flexibility index (Phi) is 13.3. The highest BCUT2D eigenvalue weighted by molar-refractivity contribution is 6.61. The summed E-state index contributed by atoms with van der Waals surface area (Å²) < 4.78 is 81.3. The lowest BCUT2D eigenvalue weighted by Gasteiger charge is -2.26. The zero-order chi connectivity index (χ0) is 35.9. The number of hydrogen-bond acceptors (Lipinski definition) is 6. The summed E-state index contributed by atoms with van der Waals surface area (Å²) in [6.45, 7) is 12.8. The molecule has 0 spiro atoms. The van der Waals surface area contributed by atoms with Gasteiger partial charge in [-0.3, -0.25) is 4.90 Å². The van der Waals surface area contributed by atoms with Gasteiger partial charge in [0.1, 0.15) is 11.4 Å². The second kappa shape index (κ2) is 16.2. The number of ether oxygens (including phenoxy) is 1. The highest BCUT2D eigenvalue weighted by atomic mass is 35.5. The fourth-order valence-electron chi connectivity index (χ4n) is 5.78. The first-order valence-electron chi connectivity index (χ1n) is 15.3. The predicted molar refractivity (Wildman–Crippen MR) is 174 cm³/mol. The zero-order valence-corrected chi connectivity index (χ0v) is 28.9. The standard InChI is InChI=1S/C19H21F3N2.C12H15F3N2.C3H4Cl2O2/c1-14-10-16(11-17(23-14)19(20,21)22)18(2)8-9-24(13-18)12-15-6-4-3-5-7-15;1-8-5-9(11(2)3-4-16-7-11)6-10(17-8)12(13,14)15;1-2(4)7-3(5)6/h3-7,10-11H,8-9,12-13H2,1-2H3;5-6,16H,3-4,7H2,1-2H3;2H,1H3. The van der Waals surface area contributed by atoms with Gasteiger partial charge in [0.15, 0.2) is 5.56 Å². The first-order chi connectivity index (χ1) is 22.2. The maximum Gasteiger partial charge on any atom is 0.433 e. The molecule has 0 saturated carbocycles. The number of halogens is 8. The number of likely N-dealkylation sites (tertiary alicyclic amines) is 1. The van der Waals surface area contributed by atoms with Crippen LogP contribution >= 0.6 is 23.2 Å². The third-order valence-corrected chi connectivity index (χ3v) is 8.48. The van der Waals surface area contributed by atoms with Gasteiger partial charge < -0.3 is 10.1 Å². The Hall–Kier alpha value is -2.93. The molecular formula is C34H40Cl2F6N4O2. The van der Waals surface area contributed by atoms with Gasteiger partial charge in [-0.25, -0.2) is 14.8 Å². The molecule has 2 saturated heterocycles. The number of carbonyl (C=O) groups is 1. The minimum Gasteiger partial charge on any atom is -0.434 e. The number of hydrogen-bond donors (Lipinski definition) is 1. The van der Waals surface area contributed by atoms with Gasteiger partial charge in [0.25, 0.3) is 0 Å². The van der Waals surface area contributed by atoms with E-state index in [0.29, 0.717) is 17.9 Å². The molecular weight excluding hydrogens is 681 g/mol. The molecule has 14 heteroatoms. The minimum atomic E-state index is -4.40. The van der Waals surface area contributed by atoms with Gasteiger partial charge in [-0.2, -0.15) is 26.3 Å². The van der Waals surface area contributed by atoms with E-state index in [0.717, 1.165) is 50.1 Å². The van der Waals surface area contributed by atoms with Gasteiger partial charge in [0, 0.05) is 53.5 Å². The monoisotopic (exact) mass is 720 g/mol. The number of aryl methyl sites for hydroxylation is 2. The molecule has 2 aromatic heterocycles. The zero-order valence-electron chi connectivity index (χ0n) is 27.4. The van der Waals surface area contributed by atoms with E-state index < -0.39 is 34.7 Å². The van der Waals surface area contributed by atoms with Gasteiger partial charge in [-0.1, -0.05) is 55.8 Å². The van der Waals surface area contributed by atoms with Crippen LogP contribution in [0.25, 0.3) is 0 Å². The van der Waals surface area contributed by atoms with E-state index in [2.05, 4.69) is 37.1 Å². The third-order valence-electron chi connectivity index (χ3n) is 8.31. The van der Waals surface area contributed by atoms with Crippen LogP contribution in [0.4, 0.5) is 31.1 Å². The third kappa shape index (κ3) is 11.6. The maximum absolute atomic E-state index is 13.1. The average Bonchev–Trinajstić information content (AvgIpc) is 3.59. The highest BCUT2D eigenvalue weighted by Gasteiger charge is 2.39. The lowest BCUT2D eigenvalue weighted by molar-refractivity contribution is -0.142. The SMILES string of the molecule is CC(Cl)OC(=O)Cl.Cc1cc(C2(C)CCN(Cc3ccccc3)C2)cc(C(F)(F)F)n1.Cc1cc(C2(C)CCNC2)cc(C(F)(F)F)n1. The van der Waals surface area contributed by atoms with Crippen LogP contribution in [0.3, 0.4) is 0 Å². The number of carbonyl (C=O) groups excluding carboxylic acids is 1. The van der Waals surface area contributed by atoms with Crippen LogP contribution in [-0.4, -0.2) is 52.0 Å². The number of aromatic nitrogens is 2. The van der Waals surface area contributed by atoms with Crippen molar-refractivity contribution >= 4 is 28.6 Å². The molecule has 1 aromatic carbocycles. The molecule has 3 aromatic rings. The Labute approximate surface area is 287 Å². The maximum atomic E-state index is 13.1. The van der Waals surface area contributed by atoms with Crippen LogP contribution in [0.1, 0.15) is 73.1 Å². The summed E-state index contributed by atoms with van der Waals surface area (Å²) in [5, 5.41) is 3.19. The van der Waals surface area contributed by atoms with Crippen molar-refractivity contribution in [3.05, 3.63) is 94.1 Å². The fourth-order valence-corrected chi connectivity index (χ4v) is 6.04. The Morgan fingerprint density at radius 3 is 1.85 bits per heavy atom. The first kappa shape index (κ1) is 39.5. The molecule has 48 heavy (non-hydrogen) atoms. The molecule has 0 bridgehead atoms. The van der Waals surface area contributed by atoms with Gasteiger partial charge >= 0.3 is 17.8 Å². The van der Waals surface area contributed by atoms with Gasteiger partial charge in [-0.05, 0) is 87.7 Å². The van der Waals surface area contributed by atoms with Crippen LogP contribution in [0.2, 0.25) is 0 Å². The van der Waals surface area contributed by atoms with E-state index in [-0.39, 0.29) is 10.8 Å². The summed E-state index contributed by atoms with van der Waals surface area (Å²) in [6, 6.07) is 16.1. The average molecular weight is 722 g/mol. The summed E-state index contributed by atoms with van der Waals surface area (Å²) in [5.74, 6) is 0. The lowest BCUT2D eigenvalue weighted by Crippen LogP contribution is -2.28. The summed E-state index contributed by atoms with van der Waals surface area (Å²) in [6.07, 6.45) is -7.07. The van der Waals surface area contributed by atoms with Crippen molar-refractivity contribution in [2.75, 3.05) is 26.2 Å². The Morgan fingerprint density at radius 2 is 1.44 bits per heavy atom. The van der Waals surface area contributed by atoms with Crippen molar-refractivity contribution < 1.29 is 35.9 Å². The smallest absolute Gasteiger partial charge is 0.433 e. The van der Waals surface area contributed by atoms with E-state index in [1.165, 1.54) is 24.6 Å². The molecule has 0 radical (unpaired) electrons. The highest BCUT2D eigenvalue weighted by Crippen LogP contribution is 2.38. The van der Waals surface area contributed by atoms with Crippen molar-refractivity contribution in [3.63, 3.8) is 0 Å². The van der Waals surface area contributed by atoms with Crippen molar-refractivity contribution in [3.8, 4) is 0 Å². The molecule has 0 amide bonds. The largest absolute Gasteiger partial charge is 0.434 e. The van der Waals surface area contributed by atoms with Gasteiger partial charge in [-0.15, -0.1) is 0 Å². The quantitative estimate of drug-likeness (QED) is 0.161. The number of nitrogens with one attached hydrogen (secondary N) is 1. The fraction of sp³-hybridized carbons (Fsp3) is 0.500. The van der Waals surface area contributed by atoms with Crippen LogP contribution in [-0.2, 0) is 34.5 Å². The van der Waals surface area contributed by atoms with E-state index >= 15 is 0 Å². The van der Waals surface area contributed by atoms with Crippen LogP contribution in [0.15, 0.2) is 54.6 Å². The van der Waals surface area contributed by atoms with Crippen molar-refractivity contribution in [1.29, 1.82) is 0 Å². The van der Waals surface area contributed by atoms with E-state index in [1.54, 1.807) is 26.0 Å². The summed E-state index contributed by atoms with van der Waals surface area (Å²) in [4.78, 5) is 19.2. The molecule has 2 fully saturated rings. The first-order valence-corrected chi connectivity index (χ1v) is 16.1. The molecule has 2 aliphatic rings. The minimum absolute atomic E-state index is 0.215. The van der Waals surface area contributed by atoms with E-state index in [4.69, 9.17) is 23.2 Å². The summed E-state index contributed by atoms with van der Waals surface area (Å²) in [5.41, 5.74) is -0.0568. The Morgan fingerprint density at radius 1 is 0.917 bits per heavy atom. The second-order valence-corrected chi connectivity index (χ2v) is 13.6. The molecule has 6 nitrogen and oxygen atoms in total. The lowest BCUT2D eigenvalue weighted by atomic mass is 9.81. The molecule has 2 aliphatic heterocycles. The molecule has 0 aliphatic carbocycles.